The minimum atomic E-state index is -1.11. The van der Waals surface area contributed by atoms with Gasteiger partial charge in [-0.2, -0.15) is 0 Å². The van der Waals surface area contributed by atoms with Crippen LogP contribution in [0.2, 0.25) is 5.02 Å². The van der Waals surface area contributed by atoms with Gasteiger partial charge < -0.3 is 19.7 Å². The highest BCUT2D eigenvalue weighted by molar-refractivity contribution is 6.30. The van der Waals surface area contributed by atoms with Gasteiger partial charge in [0.15, 0.2) is 6.10 Å². The number of hydrogen-bond donors (Lipinski definition) is 3. The van der Waals surface area contributed by atoms with Crippen LogP contribution in [0.4, 0.5) is 0 Å². The van der Waals surface area contributed by atoms with E-state index in [-0.39, 0.29) is 12.8 Å². The van der Waals surface area contributed by atoms with Crippen molar-refractivity contribution in [3.05, 3.63) is 59.1 Å². The van der Waals surface area contributed by atoms with Crippen molar-refractivity contribution in [2.75, 3.05) is 14.2 Å². The van der Waals surface area contributed by atoms with Crippen LogP contribution in [0.1, 0.15) is 18.4 Å². The number of aliphatic hydroxyl groups excluding tert-OH is 1. The lowest BCUT2D eigenvalue weighted by Crippen LogP contribution is -2.51. The van der Waals surface area contributed by atoms with Crippen LogP contribution in [0, 0.1) is 0 Å². The van der Waals surface area contributed by atoms with E-state index in [0.717, 1.165) is 16.7 Å². The Balaban J connectivity index is 2.17. The molecule has 7 nitrogen and oxygen atoms in total. The number of carboxylic acid groups (broad SMARTS) is 1. The lowest BCUT2D eigenvalue weighted by atomic mass is 9.97. The number of ether oxygens (including phenoxy) is 2. The van der Waals surface area contributed by atoms with Crippen molar-refractivity contribution < 1.29 is 29.3 Å². The molecule has 0 heterocycles. The summed E-state index contributed by atoms with van der Waals surface area (Å²) >= 11 is 6.06. The Morgan fingerprint density at radius 1 is 1.10 bits per heavy atom. The number of carbonyl (C=O) groups is 2. The zero-order valence-electron chi connectivity index (χ0n) is 16.9. The van der Waals surface area contributed by atoms with Crippen LogP contribution in [0.25, 0.3) is 11.1 Å². The molecule has 8 heteroatoms. The Morgan fingerprint density at radius 2 is 1.80 bits per heavy atom. The highest BCUT2D eigenvalue weighted by Crippen LogP contribution is 2.23. The summed E-state index contributed by atoms with van der Waals surface area (Å²) in [5, 5.41) is 22.5. The summed E-state index contributed by atoms with van der Waals surface area (Å²) < 4.78 is 10.1. The maximum atomic E-state index is 12.1. The molecular formula is C22H26ClNO6. The van der Waals surface area contributed by atoms with Gasteiger partial charge in [-0.25, -0.2) is 4.79 Å². The van der Waals surface area contributed by atoms with Gasteiger partial charge in [0.1, 0.15) is 6.23 Å². The van der Waals surface area contributed by atoms with E-state index >= 15 is 0 Å². The van der Waals surface area contributed by atoms with Crippen molar-refractivity contribution >= 4 is 23.5 Å². The molecule has 30 heavy (non-hydrogen) atoms. The van der Waals surface area contributed by atoms with Crippen molar-refractivity contribution in [3.63, 3.8) is 0 Å². The molecule has 0 fully saturated rings. The number of aliphatic hydroxyl groups is 1. The number of methoxy groups -OCH3 is 2. The molecule has 0 aromatic heterocycles. The number of hydrogen-bond acceptors (Lipinski definition) is 6. The summed E-state index contributed by atoms with van der Waals surface area (Å²) in [6.45, 7) is 0. The summed E-state index contributed by atoms with van der Waals surface area (Å²) in [7, 11) is 2.63. The first-order valence-corrected chi connectivity index (χ1v) is 9.83. The molecule has 0 aliphatic carbocycles. The highest BCUT2D eigenvalue weighted by Gasteiger charge is 2.31. The second-order valence-electron chi connectivity index (χ2n) is 6.81. The third-order valence-corrected chi connectivity index (χ3v) is 4.89. The highest BCUT2D eigenvalue weighted by atomic mass is 35.5. The lowest BCUT2D eigenvalue weighted by Gasteiger charge is -2.27. The molecule has 3 N–H and O–H groups in total. The van der Waals surface area contributed by atoms with Crippen LogP contribution in [0.5, 0.6) is 0 Å². The van der Waals surface area contributed by atoms with Crippen LogP contribution >= 0.6 is 11.6 Å². The van der Waals surface area contributed by atoms with E-state index in [1.165, 1.54) is 14.2 Å². The standard InChI is InChI=1S/C22H26ClNO6/c1-29-21(22(28)30-2)18(24-19(25)10-11-20(26)27)12-14-6-8-15(9-7-14)16-4-3-5-17(23)13-16/h3-9,13,18-19,21,24-25H,10-12H2,1-2H3,(H,26,27)/t18?,19?,21-/m0/s1. The predicted molar refractivity (Wildman–Crippen MR) is 113 cm³/mol. The Hall–Kier alpha value is -2.45. The Kier molecular flexibility index (Phi) is 9.26. The van der Waals surface area contributed by atoms with Gasteiger partial charge >= 0.3 is 11.9 Å². The van der Waals surface area contributed by atoms with Gasteiger partial charge in [0.2, 0.25) is 0 Å². The topological polar surface area (TPSA) is 105 Å². The minimum Gasteiger partial charge on any atom is -0.481 e. The lowest BCUT2D eigenvalue weighted by molar-refractivity contribution is -0.155. The maximum absolute atomic E-state index is 12.1. The summed E-state index contributed by atoms with van der Waals surface area (Å²) in [4.78, 5) is 22.9. The SMILES string of the molecule is COC(=O)[C@@H](OC)C(Cc1ccc(-c2cccc(Cl)c2)cc1)NC(O)CCC(=O)O. The van der Waals surface area contributed by atoms with Crippen molar-refractivity contribution in [2.45, 2.75) is 37.6 Å². The number of carboxylic acids is 1. The zero-order valence-corrected chi connectivity index (χ0v) is 17.6. The summed E-state index contributed by atoms with van der Waals surface area (Å²) in [5.41, 5.74) is 2.87. The Labute approximate surface area is 180 Å². The molecule has 3 atom stereocenters. The number of aliphatic carboxylic acids is 1. The number of nitrogens with one attached hydrogen (secondary N) is 1. The maximum Gasteiger partial charge on any atom is 0.336 e. The zero-order chi connectivity index (χ0) is 22.1. The fourth-order valence-corrected chi connectivity index (χ4v) is 3.33. The molecule has 2 aromatic carbocycles. The van der Waals surface area contributed by atoms with Gasteiger partial charge in [0, 0.05) is 18.6 Å². The van der Waals surface area contributed by atoms with E-state index in [4.69, 9.17) is 26.2 Å². The van der Waals surface area contributed by atoms with Crippen molar-refractivity contribution in [1.82, 2.24) is 5.32 Å². The molecular weight excluding hydrogens is 410 g/mol. The second kappa shape index (κ2) is 11.7. The molecule has 0 radical (unpaired) electrons. The van der Waals surface area contributed by atoms with E-state index in [1.54, 1.807) is 0 Å². The molecule has 2 unspecified atom stereocenters. The van der Waals surface area contributed by atoms with E-state index in [1.807, 2.05) is 48.5 Å². The first kappa shape index (κ1) is 23.8. The third kappa shape index (κ3) is 7.11. The van der Waals surface area contributed by atoms with Crippen molar-refractivity contribution in [2.24, 2.45) is 0 Å². The van der Waals surface area contributed by atoms with Crippen LogP contribution in [-0.4, -0.2) is 54.7 Å². The van der Waals surface area contributed by atoms with Gasteiger partial charge in [-0.1, -0.05) is 48.0 Å². The normalized spacial score (nSPS) is 14.0. The van der Waals surface area contributed by atoms with E-state index in [9.17, 15) is 14.7 Å². The Morgan fingerprint density at radius 3 is 2.37 bits per heavy atom. The van der Waals surface area contributed by atoms with Crippen LogP contribution in [0.3, 0.4) is 0 Å². The van der Waals surface area contributed by atoms with Gasteiger partial charge in [-0.3, -0.25) is 10.1 Å². The largest absolute Gasteiger partial charge is 0.481 e. The molecule has 0 bridgehead atoms. The van der Waals surface area contributed by atoms with Gasteiger partial charge in [0.25, 0.3) is 0 Å². The molecule has 2 aromatic rings. The molecule has 0 aliphatic heterocycles. The molecule has 0 amide bonds. The average molecular weight is 436 g/mol. The molecule has 0 spiro atoms. The monoisotopic (exact) mass is 435 g/mol. The summed E-state index contributed by atoms with van der Waals surface area (Å²) in [5.74, 6) is -1.60. The van der Waals surface area contributed by atoms with Crippen LogP contribution in [0.15, 0.2) is 48.5 Å². The molecule has 0 saturated carbocycles. The van der Waals surface area contributed by atoms with Gasteiger partial charge in [-0.05, 0) is 41.7 Å². The van der Waals surface area contributed by atoms with Gasteiger partial charge in [-0.15, -0.1) is 0 Å². The van der Waals surface area contributed by atoms with E-state index in [2.05, 4.69) is 5.32 Å². The first-order valence-electron chi connectivity index (χ1n) is 9.45. The number of esters is 1. The minimum absolute atomic E-state index is 0.00283. The van der Waals surface area contributed by atoms with E-state index in [0.29, 0.717) is 11.4 Å². The van der Waals surface area contributed by atoms with Gasteiger partial charge in [0.05, 0.1) is 13.2 Å². The quantitative estimate of drug-likeness (QED) is 0.368. The number of benzene rings is 2. The van der Waals surface area contributed by atoms with Crippen molar-refractivity contribution in [3.8, 4) is 11.1 Å². The van der Waals surface area contributed by atoms with Crippen LogP contribution in [-0.2, 0) is 25.5 Å². The number of rotatable bonds is 11. The van der Waals surface area contributed by atoms with E-state index < -0.39 is 30.3 Å². The smallest absolute Gasteiger partial charge is 0.336 e. The number of carbonyl (C=O) groups excluding carboxylic acids is 1. The predicted octanol–water partition coefficient (Wildman–Crippen LogP) is 2.88. The first-order chi connectivity index (χ1) is 14.3. The fraction of sp³-hybridized carbons (Fsp3) is 0.364. The average Bonchev–Trinajstić information content (AvgIpc) is 2.73. The second-order valence-corrected chi connectivity index (χ2v) is 7.25. The molecule has 0 saturated heterocycles. The molecule has 0 aliphatic rings. The van der Waals surface area contributed by atoms with Crippen molar-refractivity contribution in [1.29, 1.82) is 0 Å². The van der Waals surface area contributed by atoms with Crippen LogP contribution < -0.4 is 5.32 Å². The molecule has 2 rings (SSSR count). The number of halogens is 1. The fourth-order valence-electron chi connectivity index (χ4n) is 3.14. The summed E-state index contributed by atoms with van der Waals surface area (Å²) in [6, 6.07) is 14.6. The third-order valence-electron chi connectivity index (χ3n) is 4.66. The molecule has 162 valence electrons. The Bertz CT molecular complexity index is 842. The summed E-state index contributed by atoms with van der Waals surface area (Å²) in [6.07, 6.45) is -1.93.